The maximum atomic E-state index is 13.0. The number of nitrogens with one attached hydrogen (secondary N) is 1. The number of ether oxygens (including phenoxy) is 1. The number of hydrogen-bond donors (Lipinski definition) is 1. The number of benzene rings is 3. The Balaban J connectivity index is 1.77. The summed E-state index contributed by atoms with van der Waals surface area (Å²) >= 11 is 0. The lowest BCUT2D eigenvalue weighted by molar-refractivity contribution is -0.384. The lowest BCUT2D eigenvalue weighted by Crippen LogP contribution is -2.28. The van der Waals surface area contributed by atoms with Crippen LogP contribution in [0.4, 0.5) is 5.69 Å². The van der Waals surface area contributed by atoms with Gasteiger partial charge in [-0.05, 0) is 40.8 Å². The number of carbonyl (C=O) groups is 1. The van der Waals surface area contributed by atoms with E-state index in [1.807, 2.05) is 62.4 Å². The summed E-state index contributed by atoms with van der Waals surface area (Å²) in [6.07, 6.45) is 2.28. The van der Waals surface area contributed by atoms with E-state index >= 15 is 0 Å². The molecule has 0 spiro atoms. The van der Waals surface area contributed by atoms with Crippen molar-refractivity contribution in [1.29, 1.82) is 0 Å². The Morgan fingerprint density at radius 3 is 2.50 bits per heavy atom. The van der Waals surface area contributed by atoms with Gasteiger partial charge in [0.2, 0.25) is 5.91 Å². The fraction of sp³-hybridized carbons (Fsp3) is 0.276. The van der Waals surface area contributed by atoms with Gasteiger partial charge < -0.3 is 14.6 Å². The van der Waals surface area contributed by atoms with E-state index in [2.05, 4.69) is 22.1 Å². The van der Waals surface area contributed by atoms with E-state index in [0.29, 0.717) is 19.0 Å². The molecule has 1 heterocycles. The fourth-order valence-corrected chi connectivity index (χ4v) is 4.45. The topological polar surface area (TPSA) is 86.4 Å². The zero-order valence-corrected chi connectivity index (χ0v) is 20.8. The van der Waals surface area contributed by atoms with Gasteiger partial charge in [0, 0.05) is 54.7 Å². The summed E-state index contributed by atoms with van der Waals surface area (Å²) in [6, 6.07) is 22.6. The number of rotatable bonds is 10. The Kier molecular flexibility index (Phi) is 7.68. The molecule has 0 aliphatic rings. The summed E-state index contributed by atoms with van der Waals surface area (Å²) in [6.45, 7) is 5.32. The van der Waals surface area contributed by atoms with Crippen LogP contribution in [-0.4, -0.2) is 29.1 Å². The molecule has 0 unspecified atom stereocenters. The second kappa shape index (κ2) is 11.1. The second-order valence-corrected chi connectivity index (χ2v) is 9.38. The molecule has 7 heteroatoms. The van der Waals surface area contributed by atoms with Gasteiger partial charge in [0.25, 0.3) is 5.69 Å². The van der Waals surface area contributed by atoms with E-state index in [1.165, 1.54) is 6.07 Å². The quantitative estimate of drug-likeness (QED) is 0.224. The van der Waals surface area contributed by atoms with E-state index in [9.17, 15) is 14.9 Å². The van der Waals surface area contributed by atoms with Crippen LogP contribution >= 0.6 is 0 Å². The molecule has 186 valence electrons. The minimum Gasteiger partial charge on any atom is -0.497 e. The van der Waals surface area contributed by atoms with Gasteiger partial charge in [0.05, 0.1) is 12.0 Å². The second-order valence-electron chi connectivity index (χ2n) is 9.38. The third-order valence-electron chi connectivity index (χ3n) is 6.29. The molecule has 0 saturated heterocycles. The summed E-state index contributed by atoms with van der Waals surface area (Å²) in [5, 5.41) is 15.5. The zero-order chi connectivity index (χ0) is 25.7. The SMILES string of the molecule is COc1ccc(Cn2cc([C@@H](CC(=O)NCC(C)C)c3cccc([N+](=O)[O-])c3)c3ccccc32)cc1. The molecule has 1 aromatic heterocycles. The number of para-hydroxylation sites is 1. The van der Waals surface area contributed by atoms with E-state index in [-0.39, 0.29) is 23.9 Å². The number of aromatic nitrogens is 1. The number of nitro benzene ring substituents is 1. The van der Waals surface area contributed by atoms with Crippen molar-refractivity contribution in [2.24, 2.45) is 5.92 Å². The van der Waals surface area contributed by atoms with Gasteiger partial charge in [-0.3, -0.25) is 14.9 Å². The highest BCUT2D eigenvalue weighted by Gasteiger charge is 2.24. The average Bonchev–Trinajstić information content (AvgIpc) is 3.24. The summed E-state index contributed by atoms with van der Waals surface area (Å²) in [5.41, 5.74) is 3.89. The molecule has 0 fully saturated rings. The van der Waals surface area contributed by atoms with E-state index in [0.717, 1.165) is 33.3 Å². The minimum absolute atomic E-state index is 0.0158. The van der Waals surface area contributed by atoms with Crippen LogP contribution in [0, 0.1) is 16.0 Å². The largest absolute Gasteiger partial charge is 0.497 e. The maximum absolute atomic E-state index is 13.0. The van der Waals surface area contributed by atoms with Crippen molar-refractivity contribution in [3.05, 3.63) is 106 Å². The third kappa shape index (κ3) is 5.74. The van der Waals surface area contributed by atoms with Gasteiger partial charge in [0.1, 0.15) is 5.75 Å². The molecule has 3 aromatic carbocycles. The lowest BCUT2D eigenvalue weighted by Gasteiger charge is -2.18. The highest BCUT2D eigenvalue weighted by Crippen LogP contribution is 2.36. The number of nitro groups is 1. The van der Waals surface area contributed by atoms with Crippen LogP contribution in [0.15, 0.2) is 79.0 Å². The molecule has 0 aliphatic carbocycles. The molecule has 36 heavy (non-hydrogen) atoms. The molecule has 4 aromatic rings. The highest BCUT2D eigenvalue weighted by atomic mass is 16.6. The van der Waals surface area contributed by atoms with Crippen molar-refractivity contribution in [2.45, 2.75) is 32.7 Å². The number of nitrogens with zero attached hydrogens (tertiary/aromatic N) is 2. The summed E-state index contributed by atoms with van der Waals surface area (Å²) in [7, 11) is 1.64. The number of carbonyl (C=O) groups excluding carboxylic acids is 1. The first-order valence-corrected chi connectivity index (χ1v) is 12.1. The normalized spacial score (nSPS) is 12.0. The molecule has 4 rings (SSSR count). The van der Waals surface area contributed by atoms with Crippen molar-refractivity contribution in [3.8, 4) is 5.75 Å². The van der Waals surface area contributed by atoms with Gasteiger partial charge in [-0.25, -0.2) is 0 Å². The smallest absolute Gasteiger partial charge is 0.269 e. The van der Waals surface area contributed by atoms with Crippen LogP contribution < -0.4 is 10.1 Å². The summed E-state index contributed by atoms with van der Waals surface area (Å²) in [5.74, 6) is 0.720. The fourth-order valence-electron chi connectivity index (χ4n) is 4.45. The Hall–Kier alpha value is -4.13. The van der Waals surface area contributed by atoms with Crippen LogP contribution in [0.3, 0.4) is 0 Å². The van der Waals surface area contributed by atoms with Gasteiger partial charge in [0.15, 0.2) is 0 Å². The molecule has 1 amide bonds. The number of non-ortho nitro benzene ring substituents is 1. The van der Waals surface area contributed by atoms with Crippen molar-refractivity contribution < 1.29 is 14.5 Å². The van der Waals surface area contributed by atoms with Crippen LogP contribution in [0.1, 0.15) is 42.9 Å². The molecule has 7 nitrogen and oxygen atoms in total. The predicted octanol–water partition coefficient (Wildman–Crippen LogP) is 5.90. The van der Waals surface area contributed by atoms with E-state index in [1.54, 1.807) is 19.2 Å². The first kappa shape index (κ1) is 25.0. The molecule has 0 aliphatic heterocycles. The van der Waals surface area contributed by atoms with E-state index < -0.39 is 4.92 Å². The summed E-state index contributed by atoms with van der Waals surface area (Å²) < 4.78 is 7.45. The van der Waals surface area contributed by atoms with Crippen molar-refractivity contribution >= 4 is 22.5 Å². The lowest BCUT2D eigenvalue weighted by atomic mass is 9.87. The highest BCUT2D eigenvalue weighted by molar-refractivity contribution is 5.87. The number of hydrogen-bond acceptors (Lipinski definition) is 4. The van der Waals surface area contributed by atoms with Gasteiger partial charge in [-0.1, -0.05) is 56.3 Å². The standard InChI is InChI=1S/C29H31N3O4/c1-20(2)17-30-29(33)16-26(22-7-6-8-23(15-22)32(34)35)27-19-31(28-10-5-4-9-25(27)28)18-21-11-13-24(36-3)14-12-21/h4-15,19-20,26H,16-18H2,1-3H3,(H,30,33)/t26-/m0/s1. The van der Waals surface area contributed by atoms with Crippen LogP contribution in [-0.2, 0) is 11.3 Å². The molecular weight excluding hydrogens is 454 g/mol. The third-order valence-corrected chi connectivity index (χ3v) is 6.29. The Labute approximate surface area is 210 Å². The monoisotopic (exact) mass is 485 g/mol. The van der Waals surface area contributed by atoms with Crippen LogP contribution in [0.5, 0.6) is 5.75 Å². The van der Waals surface area contributed by atoms with Crippen molar-refractivity contribution in [1.82, 2.24) is 9.88 Å². The summed E-state index contributed by atoms with van der Waals surface area (Å²) in [4.78, 5) is 24.0. The molecule has 0 saturated carbocycles. The van der Waals surface area contributed by atoms with Crippen LogP contribution in [0.25, 0.3) is 10.9 Å². The Bertz CT molecular complexity index is 1360. The molecule has 0 radical (unpaired) electrons. The average molecular weight is 486 g/mol. The molecule has 0 bridgehead atoms. The van der Waals surface area contributed by atoms with E-state index in [4.69, 9.17) is 4.74 Å². The Morgan fingerprint density at radius 1 is 1.06 bits per heavy atom. The van der Waals surface area contributed by atoms with Crippen molar-refractivity contribution in [2.75, 3.05) is 13.7 Å². The number of methoxy groups -OCH3 is 1. The number of fused-ring (bicyclic) bond motifs is 1. The van der Waals surface area contributed by atoms with Gasteiger partial charge in [-0.15, -0.1) is 0 Å². The van der Waals surface area contributed by atoms with Gasteiger partial charge >= 0.3 is 0 Å². The molecule has 1 N–H and O–H groups in total. The molecule has 1 atom stereocenters. The zero-order valence-electron chi connectivity index (χ0n) is 20.8. The maximum Gasteiger partial charge on any atom is 0.269 e. The van der Waals surface area contributed by atoms with Crippen molar-refractivity contribution in [3.63, 3.8) is 0 Å². The minimum atomic E-state index is -0.396. The molecular formula is C29H31N3O4. The van der Waals surface area contributed by atoms with Crippen LogP contribution in [0.2, 0.25) is 0 Å². The first-order chi connectivity index (χ1) is 17.4. The number of amides is 1. The first-order valence-electron chi connectivity index (χ1n) is 12.1. The van der Waals surface area contributed by atoms with Gasteiger partial charge in [-0.2, -0.15) is 0 Å². The Morgan fingerprint density at radius 2 is 1.81 bits per heavy atom. The predicted molar refractivity (Wildman–Crippen MR) is 141 cm³/mol.